The lowest BCUT2D eigenvalue weighted by atomic mass is 9.86. The predicted octanol–water partition coefficient (Wildman–Crippen LogP) is 0.783. The molecule has 4 atom stereocenters. The van der Waals surface area contributed by atoms with Gasteiger partial charge in [-0.1, -0.05) is 32.0 Å². The quantitative estimate of drug-likeness (QED) is 0.497. The lowest BCUT2D eigenvalue weighted by Gasteiger charge is -2.35. The van der Waals surface area contributed by atoms with Crippen molar-refractivity contribution in [2.75, 3.05) is 11.9 Å². The van der Waals surface area contributed by atoms with Crippen LogP contribution in [0.4, 0.5) is 5.69 Å². The molecule has 8 nitrogen and oxygen atoms in total. The van der Waals surface area contributed by atoms with Crippen molar-refractivity contribution in [1.29, 1.82) is 0 Å². The van der Waals surface area contributed by atoms with Gasteiger partial charge in [0.05, 0.1) is 18.3 Å². The minimum absolute atomic E-state index is 0.109. The number of benzene rings is 1. The molecule has 28 heavy (non-hydrogen) atoms. The van der Waals surface area contributed by atoms with Gasteiger partial charge in [0.25, 0.3) is 0 Å². The second-order valence-corrected chi connectivity index (χ2v) is 7.88. The van der Waals surface area contributed by atoms with E-state index in [2.05, 4.69) is 10.3 Å². The average molecular weight is 389 g/mol. The summed E-state index contributed by atoms with van der Waals surface area (Å²) in [5, 5.41) is 42.6. The molecule has 0 saturated heterocycles. The Morgan fingerprint density at radius 2 is 1.86 bits per heavy atom. The van der Waals surface area contributed by atoms with E-state index in [-0.39, 0.29) is 11.7 Å². The third-order valence-electron chi connectivity index (χ3n) is 5.34. The zero-order valence-corrected chi connectivity index (χ0v) is 16.0. The fourth-order valence-electron chi connectivity index (χ4n) is 3.37. The molecule has 1 aliphatic rings. The van der Waals surface area contributed by atoms with Crippen LogP contribution in [0.1, 0.15) is 43.9 Å². The molecular formula is C20H27N3O5. The van der Waals surface area contributed by atoms with E-state index in [9.17, 15) is 25.2 Å². The Balaban J connectivity index is 1.70. The van der Waals surface area contributed by atoms with Crippen LogP contribution in [-0.2, 0) is 11.2 Å². The Hall–Kier alpha value is -2.26. The topological polar surface area (TPSA) is 128 Å². The van der Waals surface area contributed by atoms with Gasteiger partial charge >= 0.3 is 0 Å². The van der Waals surface area contributed by atoms with Crippen LogP contribution in [0.5, 0.6) is 0 Å². The number of nitrogens with zero attached hydrogens (tertiary/aromatic N) is 2. The molecular weight excluding hydrogens is 362 g/mol. The van der Waals surface area contributed by atoms with Gasteiger partial charge in [0.15, 0.2) is 0 Å². The fourth-order valence-corrected chi connectivity index (χ4v) is 3.37. The molecule has 0 fully saturated rings. The summed E-state index contributed by atoms with van der Waals surface area (Å²) in [6.07, 6.45) is -1.41. The molecule has 1 aliphatic heterocycles. The lowest BCUT2D eigenvalue weighted by Crippen LogP contribution is -2.46. The van der Waals surface area contributed by atoms with Crippen molar-refractivity contribution in [2.24, 2.45) is 5.41 Å². The van der Waals surface area contributed by atoms with E-state index in [4.69, 9.17) is 0 Å². The molecule has 0 unspecified atom stereocenters. The van der Waals surface area contributed by atoms with Crippen LogP contribution >= 0.6 is 0 Å². The summed E-state index contributed by atoms with van der Waals surface area (Å²) in [5.74, 6) is 0.0974. The van der Waals surface area contributed by atoms with E-state index in [1.165, 1.54) is 4.57 Å². The van der Waals surface area contributed by atoms with E-state index in [1.807, 2.05) is 44.2 Å². The average Bonchev–Trinajstić information content (AvgIpc) is 3.10. The number of anilines is 1. The molecule has 2 aromatic rings. The second kappa shape index (κ2) is 8.00. The highest BCUT2D eigenvalue weighted by Gasteiger charge is 2.41. The Labute approximate surface area is 163 Å². The smallest absolute Gasteiger partial charge is 0.230 e. The standard InChI is InChI=1S/C20H27N3O5/c1-20(2,19(28)22-12-6-4-3-5-7-12)9-8-13-10-23-14(11-24)15(25)16(26)17(27)18(23)21-13/h3-7,10,14-17,24-27H,8-9,11H2,1-2H3,(H,22,28)/t14-,15-,16+,17-/m1/s1. The van der Waals surface area contributed by atoms with Gasteiger partial charge in [0.1, 0.15) is 24.1 Å². The van der Waals surface area contributed by atoms with E-state index in [1.54, 1.807) is 6.20 Å². The molecule has 152 valence electrons. The monoisotopic (exact) mass is 389 g/mol. The molecule has 0 bridgehead atoms. The van der Waals surface area contributed by atoms with Crippen LogP contribution in [0.15, 0.2) is 36.5 Å². The summed E-state index contributed by atoms with van der Waals surface area (Å²) >= 11 is 0. The third-order valence-corrected chi connectivity index (χ3v) is 5.34. The summed E-state index contributed by atoms with van der Waals surface area (Å²) < 4.78 is 1.51. The number of aryl methyl sites for hydroxylation is 1. The van der Waals surface area contributed by atoms with Gasteiger partial charge in [-0.25, -0.2) is 4.98 Å². The number of aliphatic hydroxyl groups excluding tert-OH is 4. The molecule has 5 N–H and O–H groups in total. The Kier molecular flexibility index (Phi) is 5.85. The predicted molar refractivity (Wildman–Crippen MR) is 102 cm³/mol. The molecule has 0 saturated carbocycles. The first-order chi connectivity index (χ1) is 13.2. The van der Waals surface area contributed by atoms with Crippen LogP contribution in [0.3, 0.4) is 0 Å². The van der Waals surface area contributed by atoms with E-state index in [0.717, 1.165) is 5.69 Å². The Bertz CT molecular complexity index is 821. The molecule has 3 rings (SSSR count). The van der Waals surface area contributed by atoms with Crippen LogP contribution in [0.25, 0.3) is 0 Å². The summed E-state index contributed by atoms with van der Waals surface area (Å²) in [6, 6.07) is 8.45. The summed E-state index contributed by atoms with van der Waals surface area (Å²) in [7, 11) is 0. The van der Waals surface area contributed by atoms with Gasteiger partial charge in [-0.15, -0.1) is 0 Å². The first-order valence-corrected chi connectivity index (χ1v) is 9.34. The maximum Gasteiger partial charge on any atom is 0.230 e. The number of amides is 1. The van der Waals surface area contributed by atoms with E-state index in [0.29, 0.717) is 18.5 Å². The molecule has 8 heteroatoms. The minimum atomic E-state index is -1.41. The third kappa shape index (κ3) is 3.95. The van der Waals surface area contributed by atoms with E-state index < -0.39 is 36.4 Å². The van der Waals surface area contributed by atoms with E-state index >= 15 is 0 Å². The maximum atomic E-state index is 12.6. The van der Waals surface area contributed by atoms with Crippen molar-refractivity contribution in [1.82, 2.24) is 9.55 Å². The fraction of sp³-hybridized carbons (Fsp3) is 0.500. The first kappa shape index (κ1) is 20.5. The van der Waals surface area contributed by atoms with Gasteiger partial charge < -0.3 is 30.3 Å². The van der Waals surface area contributed by atoms with Crippen molar-refractivity contribution in [3.63, 3.8) is 0 Å². The van der Waals surface area contributed by atoms with Crippen molar-refractivity contribution >= 4 is 11.6 Å². The summed E-state index contributed by atoms with van der Waals surface area (Å²) in [4.78, 5) is 17.0. The molecule has 1 amide bonds. The second-order valence-electron chi connectivity index (χ2n) is 7.88. The Morgan fingerprint density at radius 3 is 2.50 bits per heavy atom. The highest BCUT2D eigenvalue weighted by molar-refractivity contribution is 5.94. The molecule has 0 aliphatic carbocycles. The zero-order chi connectivity index (χ0) is 20.5. The number of hydrogen-bond donors (Lipinski definition) is 5. The number of hydrogen-bond acceptors (Lipinski definition) is 6. The number of carbonyl (C=O) groups is 1. The molecule has 1 aromatic carbocycles. The van der Waals surface area contributed by atoms with Crippen LogP contribution < -0.4 is 5.32 Å². The number of nitrogens with one attached hydrogen (secondary N) is 1. The van der Waals surface area contributed by atoms with Crippen molar-refractivity contribution in [2.45, 2.75) is 51.0 Å². The number of rotatable bonds is 6. The highest BCUT2D eigenvalue weighted by Crippen LogP contribution is 2.33. The van der Waals surface area contributed by atoms with Gasteiger partial charge in [0.2, 0.25) is 5.91 Å². The number of carbonyl (C=O) groups excluding carboxylic acids is 1. The summed E-state index contributed by atoms with van der Waals surface area (Å²) in [5.41, 5.74) is 0.692. The van der Waals surface area contributed by atoms with Gasteiger partial charge in [0, 0.05) is 17.3 Å². The van der Waals surface area contributed by atoms with Crippen molar-refractivity contribution < 1.29 is 25.2 Å². The zero-order valence-electron chi connectivity index (χ0n) is 16.0. The molecule has 0 spiro atoms. The Morgan fingerprint density at radius 1 is 1.18 bits per heavy atom. The number of aliphatic hydroxyl groups is 4. The van der Waals surface area contributed by atoms with Gasteiger partial charge in [-0.2, -0.15) is 0 Å². The van der Waals surface area contributed by atoms with Gasteiger partial charge in [-0.05, 0) is 25.0 Å². The normalized spacial score (nSPS) is 24.6. The van der Waals surface area contributed by atoms with Gasteiger partial charge in [-0.3, -0.25) is 4.79 Å². The molecule has 2 heterocycles. The minimum Gasteiger partial charge on any atom is -0.394 e. The lowest BCUT2D eigenvalue weighted by molar-refractivity contribution is -0.124. The van der Waals surface area contributed by atoms with Crippen molar-refractivity contribution in [3.05, 3.63) is 48.0 Å². The van der Waals surface area contributed by atoms with Crippen LogP contribution in [0, 0.1) is 5.41 Å². The first-order valence-electron chi connectivity index (χ1n) is 9.34. The van der Waals surface area contributed by atoms with Crippen LogP contribution in [-0.4, -0.2) is 54.7 Å². The number of para-hydroxylation sites is 1. The van der Waals surface area contributed by atoms with Crippen molar-refractivity contribution in [3.8, 4) is 0 Å². The molecule has 1 aromatic heterocycles. The largest absolute Gasteiger partial charge is 0.394 e. The van der Waals surface area contributed by atoms with Crippen LogP contribution in [0.2, 0.25) is 0 Å². The number of imidazole rings is 1. The maximum absolute atomic E-state index is 12.6. The molecule has 0 radical (unpaired) electrons. The summed E-state index contributed by atoms with van der Waals surface area (Å²) in [6.45, 7) is 3.30. The number of fused-ring (bicyclic) bond motifs is 1. The number of aromatic nitrogens is 2. The SMILES string of the molecule is CC(C)(CCc1cn2c(n1)[C@H](O)[C@@H](O)[C@H](O)[C@H]2CO)C(=O)Nc1ccccc1. The highest BCUT2D eigenvalue weighted by atomic mass is 16.4.